The fourth-order valence-electron chi connectivity index (χ4n) is 9.57. The third-order valence-corrected chi connectivity index (χ3v) is 13.0. The Hall–Kier alpha value is -8.42. The Labute approximate surface area is 405 Å². The average molecular weight is 899 g/mol. The maximum Gasteiger partial charge on any atom is 0.218 e. The predicted octanol–water partition coefficient (Wildman–Crippen LogP) is 9.79. The molecule has 7 heteroatoms. The molecule has 4 aromatic carbocycles. The van der Waals surface area contributed by atoms with Crippen LogP contribution in [-0.4, -0.2) is 52.3 Å². The molecule has 2 N–H and O–H groups in total. The van der Waals surface area contributed by atoms with Crippen LogP contribution >= 0.6 is 0 Å². The lowest BCUT2D eigenvalue weighted by Gasteiger charge is -2.21. The molecule has 0 saturated carbocycles. The van der Waals surface area contributed by atoms with E-state index in [1.165, 1.54) is 11.1 Å². The number of ether oxygens (including phenoxy) is 1. The van der Waals surface area contributed by atoms with Gasteiger partial charge in [0.15, 0.2) is 0 Å². The first kappa shape index (κ1) is 43.2. The van der Waals surface area contributed by atoms with Crippen LogP contribution in [-0.2, 0) is 0 Å². The molecule has 7 aliphatic heterocycles. The summed E-state index contributed by atoms with van der Waals surface area (Å²) in [6.45, 7) is 4.89. The normalized spacial score (nSPS) is 17.9. The molecule has 7 heterocycles. The highest BCUT2D eigenvalue weighted by molar-refractivity contribution is 6.37. The Kier molecular flexibility index (Phi) is 12.4. The summed E-state index contributed by atoms with van der Waals surface area (Å²) in [6.07, 6.45) is 39.1. The van der Waals surface area contributed by atoms with E-state index >= 15 is 0 Å². The van der Waals surface area contributed by atoms with Crippen LogP contribution in [0.15, 0.2) is 257 Å². The van der Waals surface area contributed by atoms with E-state index < -0.39 is 0 Å². The molecule has 11 rings (SSSR count). The molecule has 0 unspecified atom stereocenters. The Morgan fingerprint density at radius 2 is 0.899 bits per heavy atom. The summed E-state index contributed by atoms with van der Waals surface area (Å²) in [6, 6.07) is 40.1. The van der Waals surface area contributed by atoms with Gasteiger partial charge in [-0.2, -0.15) is 0 Å². The average Bonchev–Trinajstić information content (AvgIpc) is 4.26. The molecule has 7 nitrogen and oxygen atoms in total. The van der Waals surface area contributed by atoms with E-state index in [9.17, 15) is 0 Å². The number of hydrogen-bond acceptors (Lipinski definition) is 5. The Morgan fingerprint density at radius 1 is 0.420 bits per heavy atom. The van der Waals surface area contributed by atoms with Crippen molar-refractivity contribution in [3.05, 3.63) is 269 Å². The highest BCUT2D eigenvalue weighted by Gasteiger charge is 2.33. The highest BCUT2D eigenvalue weighted by Crippen LogP contribution is 2.35. The molecule has 0 aromatic heterocycles. The van der Waals surface area contributed by atoms with E-state index in [0.717, 1.165) is 135 Å². The molecule has 0 spiro atoms. The summed E-state index contributed by atoms with van der Waals surface area (Å²) >= 11 is 0. The Morgan fingerprint density at radius 3 is 1.48 bits per heavy atom. The fourth-order valence-corrected chi connectivity index (χ4v) is 9.57. The zero-order valence-corrected chi connectivity index (χ0v) is 38.9. The number of benzene rings is 4. The zero-order valence-electron chi connectivity index (χ0n) is 38.9. The molecule has 8 bridgehead atoms. The maximum atomic E-state index is 6.33. The summed E-state index contributed by atoms with van der Waals surface area (Å²) in [5, 5.41) is 0. The molecular formula is C62H54N6O+2. The van der Waals surface area contributed by atoms with Crippen molar-refractivity contribution >= 4 is 45.1 Å². The van der Waals surface area contributed by atoms with E-state index in [2.05, 4.69) is 240 Å². The van der Waals surface area contributed by atoms with E-state index in [4.69, 9.17) is 14.7 Å². The number of nitrogens with zero attached hydrogens (tertiary/aromatic N) is 4. The minimum absolute atomic E-state index is 0.662. The molecule has 336 valence electrons. The van der Waals surface area contributed by atoms with Gasteiger partial charge in [0.1, 0.15) is 11.3 Å². The minimum atomic E-state index is 0.662. The van der Waals surface area contributed by atoms with Crippen molar-refractivity contribution in [3.8, 4) is 5.75 Å². The van der Waals surface area contributed by atoms with Crippen LogP contribution in [0.4, 0.5) is 0 Å². The number of fused-ring (bicyclic) bond motifs is 4. The predicted molar refractivity (Wildman–Crippen MR) is 283 cm³/mol. The lowest BCUT2D eigenvalue weighted by molar-refractivity contribution is -0.388. The van der Waals surface area contributed by atoms with Gasteiger partial charge in [-0.25, -0.2) is 20.0 Å². The van der Waals surface area contributed by atoms with Gasteiger partial charge in [0.05, 0.1) is 40.6 Å². The molecule has 0 atom stereocenters. The van der Waals surface area contributed by atoms with Crippen LogP contribution in [0.3, 0.4) is 0 Å². The fraction of sp³-hybridized carbons (Fsp3) is 0.129. The largest absolute Gasteiger partial charge is 0.494 e. The van der Waals surface area contributed by atoms with Gasteiger partial charge in [-0.3, -0.25) is 0 Å². The summed E-state index contributed by atoms with van der Waals surface area (Å²) in [4.78, 5) is 23.1. The monoisotopic (exact) mass is 898 g/mol. The van der Waals surface area contributed by atoms with Gasteiger partial charge in [0.25, 0.3) is 0 Å². The zero-order chi connectivity index (χ0) is 46.4. The highest BCUT2D eigenvalue weighted by atomic mass is 16.5. The second-order valence-electron chi connectivity index (χ2n) is 17.7. The number of unbranched alkanes of at least 4 members (excludes halogenated alkanes) is 2. The number of hydrogen-bond donors (Lipinski definition) is 2. The molecule has 0 fully saturated rings. The third-order valence-electron chi connectivity index (χ3n) is 13.0. The van der Waals surface area contributed by atoms with Crippen molar-refractivity contribution in [2.24, 2.45) is 9.98 Å². The molecule has 0 radical (unpaired) electrons. The lowest BCUT2D eigenvalue weighted by atomic mass is 9.98. The van der Waals surface area contributed by atoms with Gasteiger partial charge in [-0.15, -0.1) is 0 Å². The molecule has 7 aliphatic rings. The smallest absolute Gasteiger partial charge is 0.218 e. The molecule has 0 aliphatic carbocycles. The molecule has 0 amide bonds. The Balaban J connectivity index is 0.875. The summed E-state index contributed by atoms with van der Waals surface area (Å²) in [7, 11) is 0. The number of aliphatic imine (C=N–C) groups is 2. The van der Waals surface area contributed by atoms with Crippen molar-refractivity contribution < 1.29 is 14.7 Å². The number of nitrogens with one attached hydrogen (secondary N) is 2. The molecule has 69 heavy (non-hydrogen) atoms. The number of rotatable bonds is 13. The van der Waals surface area contributed by atoms with Crippen LogP contribution in [0.25, 0.3) is 22.3 Å². The maximum absolute atomic E-state index is 6.33. The molecule has 0 saturated heterocycles. The van der Waals surface area contributed by atoms with Gasteiger partial charge in [-0.05, 0) is 120 Å². The quantitative estimate of drug-likeness (QED) is 0.132. The first-order chi connectivity index (χ1) is 34.1. The van der Waals surface area contributed by atoms with Crippen LogP contribution in [0.5, 0.6) is 5.75 Å². The van der Waals surface area contributed by atoms with Crippen LogP contribution < -0.4 is 14.7 Å². The first-order valence-electron chi connectivity index (χ1n) is 24.2. The van der Waals surface area contributed by atoms with Gasteiger partial charge >= 0.3 is 0 Å². The van der Waals surface area contributed by atoms with Crippen molar-refractivity contribution in [2.75, 3.05) is 19.7 Å². The summed E-state index contributed by atoms with van der Waals surface area (Å²) in [5.74, 6) is 0.849. The van der Waals surface area contributed by atoms with E-state index in [1.807, 2.05) is 0 Å². The van der Waals surface area contributed by atoms with Gasteiger partial charge < -0.3 is 14.5 Å². The van der Waals surface area contributed by atoms with Crippen LogP contribution in [0.1, 0.15) is 54.9 Å². The van der Waals surface area contributed by atoms with Gasteiger partial charge in [0, 0.05) is 67.8 Å². The van der Waals surface area contributed by atoms with E-state index in [0.29, 0.717) is 6.61 Å². The second-order valence-corrected chi connectivity index (χ2v) is 17.7. The molecule has 4 aromatic rings. The van der Waals surface area contributed by atoms with Gasteiger partial charge in [0.2, 0.25) is 22.8 Å². The summed E-state index contributed by atoms with van der Waals surface area (Å²) in [5.41, 5.74) is 18.3. The number of allylic oxidation sites excluding steroid dienone is 18. The molecular weight excluding hydrogens is 845 g/mol. The van der Waals surface area contributed by atoms with E-state index in [1.54, 1.807) is 0 Å². The van der Waals surface area contributed by atoms with E-state index in [-0.39, 0.29) is 0 Å². The summed E-state index contributed by atoms with van der Waals surface area (Å²) < 4.78 is 6.33. The lowest BCUT2D eigenvalue weighted by Crippen LogP contribution is -2.71. The van der Waals surface area contributed by atoms with Crippen molar-refractivity contribution in [2.45, 2.75) is 32.6 Å². The van der Waals surface area contributed by atoms with Crippen LogP contribution in [0.2, 0.25) is 0 Å². The topological polar surface area (TPSA) is 68.4 Å². The van der Waals surface area contributed by atoms with Crippen molar-refractivity contribution in [1.82, 2.24) is 9.80 Å². The SMILES string of the molecule is CCCN1C=CC(=C2C=CN(CCCCCOc3ccc(C4=C5C=CC(=N5)C(c5ccccc5)=C5C=CC(=[NH+]5)C(c5ccccc5)=C5C=CC(=[NH+]5)C(c5ccccc5)=C5C=CC4=N5)cc3)C=C2)C=C1. The first-order valence-corrected chi connectivity index (χ1v) is 24.2. The minimum Gasteiger partial charge on any atom is -0.494 e. The standard InChI is InChI=1S/C62H52N6O/c1-2-37-67-39-33-44(34-40-67)45-35-41-68(42-36-45)38-13-6-14-43-69-50-23-21-49(22-24-50)62-57-31-29-55(65-57)60(47-17-9-4-10-18-47)53-27-25-51(63-53)59(46-15-7-3-8-16-46)52-26-28-54(64-52)61(48-19-11-5-12-20-48)56-30-32-58(62)66-56/h3-5,7-12,15-36,39-42H,2,6,13-14,37-38,43H2,1H3/p+2. The second kappa shape index (κ2) is 19.8. The third kappa shape index (κ3) is 9.32. The van der Waals surface area contributed by atoms with Crippen molar-refractivity contribution in [3.63, 3.8) is 0 Å². The van der Waals surface area contributed by atoms with Gasteiger partial charge in [-0.1, -0.05) is 110 Å². The van der Waals surface area contributed by atoms with Crippen molar-refractivity contribution in [1.29, 1.82) is 0 Å². The van der Waals surface area contributed by atoms with Crippen LogP contribution in [0, 0.1) is 0 Å². The Bertz CT molecular complexity index is 3160.